The van der Waals surface area contributed by atoms with Crippen molar-refractivity contribution in [2.45, 2.75) is 47.6 Å². The SMILES string of the molecule is CC1=C(C)C(C)C(c2ccc3ccccc3[c]2[Ti][O]C(C)C)=C1C.Cl.Cl. The fourth-order valence-electron chi connectivity index (χ4n) is 3.58. The zero-order valence-electron chi connectivity index (χ0n) is 16.3. The number of fused-ring (bicyclic) bond motifs is 1. The van der Waals surface area contributed by atoms with E-state index in [-0.39, 0.29) is 30.9 Å². The molecule has 0 aromatic heterocycles. The zero-order chi connectivity index (χ0) is 17.4. The predicted molar refractivity (Wildman–Crippen MR) is 114 cm³/mol. The molecule has 0 spiro atoms. The molecule has 0 saturated carbocycles. The molecule has 0 heterocycles. The molecule has 4 heteroatoms. The van der Waals surface area contributed by atoms with Crippen LogP contribution >= 0.6 is 24.8 Å². The van der Waals surface area contributed by atoms with Crippen LogP contribution in [0, 0.1) is 5.92 Å². The minimum Gasteiger partial charge on any atom is -0.147 e. The van der Waals surface area contributed by atoms with Gasteiger partial charge in [0.2, 0.25) is 0 Å². The Morgan fingerprint density at radius 2 is 1.58 bits per heavy atom. The van der Waals surface area contributed by atoms with E-state index in [9.17, 15) is 0 Å². The molecule has 2 aromatic carbocycles. The molecule has 0 amide bonds. The van der Waals surface area contributed by atoms with Gasteiger partial charge in [-0.1, -0.05) is 0 Å². The minimum absolute atomic E-state index is 0. The van der Waals surface area contributed by atoms with Crippen LogP contribution in [0.2, 0.25) is 0 Å². The second-order valence-electron chi connectivity index (χ2n) is 7.05. The van der Waals surface area contributed by atoms with Gasteiger partial charge in [-0.3, -0.25) is 0 Å². The fourth-order valence-corrected chi connectivity index (χ4v) is 5.17. The van der Waals surface area contributed by atoms with E-state index in [1.165, 1.54) is 42.5 Å². The standard InChI is InChI=1S/C19H19.C3H7O.2ClH.Ti/c1-12-13(2)15(4)19(14(12)3)18-10-9-16-7-5-6-8-17(16)11-18;1-3(2)4;;;/h5-10,14H,1-4H3;3H,1-2H3;2*1H;/q;-1;;;+1. The van der Waals surface area contributed by atoms with Gasteiger partial charge in [-0.25, -0.2) is 0 Å². The topological polar surface area (TPSA) is 9.23 Å². The summed E-state index contributed by atoms with van der Waals surface area (Å²) in [7, 11) is 0. The van der Waals surface area contributed by atoms with Crippen molar-refractivity contribution >= 4 is 45.0 Å². The van der Waals surface area contributed by atoms with Gasteiger partial charge in [0.1, 0.15) is 0 Å². The quantitative estimate of drug-likeness (QED) is 0.507. The van der Waals surface area contributed by atoms with Crippen LogP contribution in [0.3, 0.4) is 0 Å². The summed E-state index contributed by atoms with van der Waals surface area (Å²) >= 11 is -0.631. The summed E-state index contributed by atoms with van der Waals surface area (Å²) in [6.45, 7) is 13.4. The van der Waals surface area contributed by atoms with Gasteiger partial charge < -0.3 is 0 Å². The van der Waals surface area contributed by atoms with Gasteiger partial charge in [0.05, 0.1) is 0 Å². The van der Waals surface area contributed by atoms with Gasteiger partial charge in [-0.15, -0.1) is 24.8 Å². The van der Waals surface area contributed by atoms with Gasteiger partial charge in [-0.2, -0.15) is 0 Å². The van der Waals surface area contributed by atoms with Crippen LogP contribution < -0.4 is 3.87 Å². The second-order valence-corrected chi connectivity index (χ2v) is 8.51. The number of halogens is 2. The molecule has 0 aliphatic heterocycles. The zero-order valence-corrected chi connectivity index (χ0v) is 19.5. The van der Waals surface area contributed by atoms with E-state index in [0.717, 1.165) is 0 Å². The molecule has 2 aromatic rings. The summed E-state index contributed by atoms with van der Waals surface area (Å²) in [6.07, 6.45) is 0.287. The first-order chi connectivity index (χ1) is 11.4. The van der Waals surface area contributed by atoms with E-state index < -0.39 is 19.5 Å². The average molecular weight is 427 g/mol. The van der Waals surface area contributed by atoms with Crippen LogP contribution in [0.25, 0.3) is 16.3 Å². The molecule has 1 aliphatic carbocycles. The van der Waals surface area contributed by atoms with Crippen molar-refractivity contribution in [1.82, 2.24) is 0 Å². The van der Waals surface area contributed by atoms with Crippen LogP contribution in [0.4, 0.5) is 0 Å². The Morgan fingerprint density at radius 3 is 2.15 bits per heavy atom. The summed E-state index contributed by atoms with van der Waals surface area (Å²) in [5.41, 5.74) is 7.33. The Kier molecular flexibility index (Phi) is 8.65. The van der Waals surface area contributed by atoms with E-state index >= 15 is 0 Å². The number of allylic oxidation sites excluding steroid dienone is 4. The third-order valence-corrected chi connectivity index (χ3v) is 7.34. The Hall–Kier alpha value is -0.566. The molecule has 1 nitrogen and oxygen atoms in total. The maximum Gasteiger partial charge on any atom is -0.147 e. The first-order valence-electron chi connectivity index (χ1n) is 8.74. The molecule has 0 saturated heterocycles. The third kappa shape index (κ3) is 4.29. The summed E-state index contributed by atoms with van der Waals surface area (Å²) < 4.78 is 7.60. The van der Waals surface area contributed by atoms with Gasteiger partial charge in [0.25, 0.3) is 0 Å². The van der Waals surface area contributed by atoms with E-state index in [2.05, 4.69) is 77.9 Å². The molecule has 0 N–H and O–H groups in total. The number of hydrogen-bond acceptors (Lipinski definition) is 1. The number of hydrogen-bond donors (Lipinski definition) is 0. The van der Waals surface area contributed by atoms with Crippen molar-refractivity contribution in [3.63, 3.8) is 0 Å². The van der Waals surface area contributed by atoms with E-state index in [4.69, 9.17) is 3.32 Å². The number of rotatable bonds is 4. The van der Waals surface area contributed by atoms with Gasteiger partial charge in [-0.05, 0) is 0 Å². The average Bonchev–Trinajstić information content (AvgIpc) is 2.76. The van der Waals surface area contributed by atoms with Crippen LogP contribution in [0.5, 0.6) is 0 Å². The van der Waals surface area contributed by atoms with Crippen molar-refractivity contribution in [2.24, 2.45) is 5.92 Å². The van der Waals surface area contributed by atoms with Crippen molar-refractivity contribution in [1.29, 1.82) is 0 Å². The Morgan fingerprint density at radius 1 is 0.923 bits per heavy atom. The van der Waals surface area contributed by atoms with E-state index in [1.807, 2.05) is 0 Å². The third-order valence-electron chi connectivity index (χ3n) is 5.26. The number of benzene rings is 2. The van der Waals surface area contributed by atoms with Crippen molar-refractivity contribution < 1.29 is 22.9 Å². The smallest absolute Gasteiger partial charge is 0.147 e. The van der Waals surface area contributed by atoms with Crippen molar-refractivity contribution in [2.75, 3.05) is 0 Å². The van der Waals surface area contributed by atoms with E-state index in [0.29, 0.717) is 5.92 Å². The molecule has 0 bridgehead atoms. The molecule has 1 atom stereocenters. The first-order valence-corrected chi connectivity index (χ1v) is 10.2. The Bertz CT molecular complexity index is 852. The summed E-state index contributed by atoms with van der Waals surface area (Å²) in [5, 5.41) is 2.68. The molecule has 1 aliphatic rings. The van der Waals surface area contributed by atoms with Gasteiger partial charge >= 0.3 is 155 Å². The summed E-state index contributed by atoms with van der Waals surface area (Å²) in [6, 6.07) is 13.3. The minimum atomic E-state index is -0.631. The molecular formula is C22H28Cl2OTi. The van der Waals surface area contributed by atoms with E-state index in [1.54, 1.807) is 0 Å². The van der Waals surface area contributed by atoms with Gasteiger partial charge in [0.15, 0.2) is 0 Å². The molecule has 0 fully saturated rings. The maximum absolute atomic E-state index is 6.15. The fraction of sp³-hybridized carbons (Fsp3) is 0.364. The molecule has 140 valence electrons. The molecule has 3 rings (SSSR count). The normalized spacial score (nSPS) is 16.8. The predicted octanol–water partition coefficient (Wildman–Crippen LogP) is 6.49. The molecule has 1 unspecified atom stereocenters. The summed E-state index contributed by atoms with van der Waals surface area (Å²) in [4.78, 5) is 0. The second kappa shape index (κ2) is 9.58. The largest absolute Gasteiger partial charge is 0.147 e. The van der Waals surface area contributed by atoms with Crippen LogP contribution in [-0.4, -0.2) is 6.10 Å². The van der Waals surface area contributed by atoms with Crippen molar-refractivity contribution in [3.8, 4) is 0 Å². The van der Waals surface area contributed by atoms with Crippen LogP contribution in [-0.2, 0) is 22.9 Å². The van der Waals surface area contributed by atoms with Crippen LogP contribution in [0.1, 0.15) is 47.1 Å². The molecular weight excluding hydrogens is 399 g/mol. The Labute approximate surface area is 179 Å². The van der Waals surface area contributed by atoms with Crippen LogP contribution in [0.15, 0.2) is 53.1 Å². The molecule has 0 radical (unpaired) electrons. The van der Waals surface area contributed by atoms with Gasteiger partial charge in [0, 0.05) is 0 Å². The Balaban J connectivity index is 0.00000169. The molecule has 26 heavy (non-hydrogen) atoms. The first kappa shape index (κ1) is 23.5. The monoisotopic (exact) mass is 426 g/mol. The van der Waals surface area contributed by atoms with Crippen molar-refractivity contribution in [3.05, 3.63) is 58.7 Å². The summed E-state index contributed by atoms with van der Waals surface area (Å²) in [5.74, 6) is 0.496. The maximum atomic E-state index is 6.15.